The van der Waals surface area contributed by atoms with Gasteiger partial charge in [-0.2, -0.15) is 0 Å². The Kier molecular flexibility index (Phi) is 3.59. The summed E-state index contributed by atoms with van der Waals surface area (Å²) in [6.45, 7) is 6.81. The minimum Gasteiger partial charge on any atom is -0.357 e. The third-order valence-electron chi connectivity index (χ3n) is 3.11. The van der Waals surface area contributed by atoms with Crippen molar-refractivity contribution in [1.29, 1.82) is 0 Å². The van der Waals surface area contributed by atoms with E-state index in [9.17, 15) is 0 Å². The maximum atomic E-state index is 5.70. The molecule has 2 N–H and O–H groups in total. The zero-order valence-electron chi connectivity index (χ0n) is 10.5. The average molecular weight is 229 g/mol. The van der Waals surface area contributed by atoms with Crippen LogP contribution in [0.5, 0.6) is 0 Å². The standard InChI is InChI=1S/C14H19N3/c1-3-17(4-2)14-13-9-11(10-15)5-6-12(13)7-8-16-14/h5-9H,3-4,10,15H2,1-2H3. The second-order valence-corrected chi connectivity index (χ2v) is 4.07. The predicted octanol–water partition coefficient (Wildman–Crippen LogP) is 2.54. The molecule has 0 aliphatic rings. The van der Waals surface area contributed by atoms with Crippen molar-refractivity contribution in [1.82, 2.24) is 4.98 Å². The Morgan fingerprint density at radius 3 is 2.59 bits per heavy atom. The van der Waals surface area contributed by atoms with Gasteiger partial charge in [0.25, 0.3) is 0 Å². The number of hydrogen-bond donors (Lipinski definition) is 1. The van der Waals surface area contributed by atoms with E-state index in [0.29, 0.717) is 6.54 Å². The molecule has 0 atom stereocenters. The fourth-order valence-corrected chi connectivity index (χ4v) is 2.10. The Bertz CT molecular complexity index is 504. The third-order valence-corrected chi connectivity index (χ3v) is 3.11. The van der Waals surface area contributed by atoms with Gasteiger partial charge in [-0.05, 0) is 36.9 Å². The summed E-state index contributed by atoms with van der Waals surface area (Å²) in [6, 6.07) is 8.39. The molecule has 0 saturated carbocycles. The number of nitrogens with two attached hydrogens (primary N) is 1. The van der Waals surface area contributed by atoms with E-state index in [1.807, 2.05) is 12.3 Å². The van der Waals surface area contributed by atoms with Gasteiger partial charge in [-0.3, -0.25) is 0 Å². The molecule has 0 aliphatic heterocycles. The fourth-order valence-electron chi connectivity index (χ4n) is 2.10. The maximum Gasteiger partial charge on any atom is 0.136 e. The van der Waals surface area contributed by atoms with E-state index in [0.717, 1.165) is 24.5 Å². The highest BCUT2D eigenvalue weighted by atomic mass is 15.2. The fraction of sp³-hybridized carbons (Fsp3) is 0.357. The minimum absolute atomic E-state index is 0.572. The molecule has 0 bridgehead atoms. The first-order valence-corrected chi connectivity index (χ1v) is 6.12. The number of aromatic nitrogens is 1. The summed E-state index contributed by atoms with van der Waals surface area (Å²) >= 11 is 0. The Labute approximate surface area is 102 Å². The minimum atomic E-state index is 0.572. The van der Waals surface area contributed by atoms with E-state index in [1.165, 1.54) is 10.8 Å². The van der Waals surface area contributed by atoms with Crippen LogP contribution in [-0.4, -0.2) is 18.1 Å². The van der Waals surface area contributed by atoms with Crippen LogP contribution < -0.4 is 10.6 Å². The lowest BCUT2D eigenvalue weighted by Crippen LogP contribution is -2.23. The molecule has 0 aliphatic carbocycles. The number of hydrogen-bond acceptors (Lipinski definition) is 3. The highest BCUT2D eigenvalue weighted by Gasteiger charge is 2.08. The van der Waals surface area contributed by atoms with E-state index in [4.69, 9.17) is 5.73 Å². The van der Waals surface area contributed by atoms with Crippen LogP contribution >= 0.6 is 0 Å². The number of fused-ring (bicyclic) bond motifs is 1. The zero-order valence-corrected chi connectivity index (χ0v) is 10.5. The smallest absolute Gasteiger partial charge is 0.136 e. The number of benzene rings is 1. The Morgan fingerprint density at radius 1 is 1.18 bits per heavy atom. The molecule has 17 heavy (non-hydrogen) atoms. The molecule has 1 aromatic heterocycles. The molecular weight excluding hydrogens is 210 g/mol. The van der Waals surface area contributed by atoms with E-state index >= 15 is 0 Å². The van der Waals surface area contributed by atoms with Crippen molar-refractivity contribution in [3.8, 4) is 0 Å². The summed E-state index contributed by atoms with van der Waals surface area (Å²) < 4.78 is 0. The summed E-state index contributed by atoms with van der Waals surface area (Å²) in [7, 11) is 0. The Morgan fingerprint density at radius 2 is 1.94 bits per heavy atom. The van der Waals surface area contributed by atoms with E-state index < -0.39 is 0 Å². The Balaban J connectivity index is 2.61. The lowest BCUT2D eigenvalue weighted by Gasteiger charge is -2.21. The van der Waals surface area contributed by atoms with Crippen molar-refractivity contribution in [3.63, 3.8) is 0 Å². The predicted molar refractivity (Wildman–Crippen MR) is 73.2 cm³/mol. The summed E-state index contributed by atoms with van der Waals surface area (Å²) in [4.78, 5) is 6.78. The van der Waals surface area contributed by atoms with Crippen LogP contribution in [0.2, 0.25) is 0 Å². The van der Waals surface area contributed by atoms with Gasteiger partial charge in [-0.1, -0.05) is 12.1 Å². The molecule has 2 rings (SSSR count). The first-order valence-electron chi connectivity index (χ1n) is 6.12. The van der Waals surface area contributed by atoms with Crippen molar-refractivity contribution in [2.24, 2.45) is 5.73 Å². The highest BCUT2D eigenvalue weighted by Crippen LogP contribution is 2.25. The van der Waals surface area contributed by atoms with Gasteiger partial charge >= 0.3 is 0 Å². The number of anilines is 1. The van der Waals surface area contributed by atoms with Crippen LogP contribution in [0.25, 0.3) is 10.8 Å². The summed E-state index contributed by atoms with van der Waals surface area (Å²) in [6.07, 6.45) is 1.87. The molecule has 90 valence electrons. The van der Waals surface area contributed by atoms with Gasteiger partial charge in [-0.15, -0.1) is 0 Å². The van der Waals surface area contributed by atoms with Gasteiger partial charge in [-0.25, -0.2) is 4.98 Å². The molecule has 0 radical (unpaired) electrons. The van der Waals surface area contributed by atoms with Gasteiger partial charge in [0.1, 0.15) is 5.82 Å². The molecule has 1 aromatic carbocycles. The number of pyridine rings is 1. The molecule has 0 unspecified atom stereocenters. The molecule has 0 amide bonds. The Hall–Kier alpha value is -1.61. The van der Waals surface area contributed by atoms with E-state index in [2.05, 4.69) is 41.9 Å². The molecule has 2 aromatic rings. The van der Waals surface area contributed by atoms with Gasteiger partial charge in [0, 0.05) is 31.2 Å². The molecule has 0 spiro atoms. The molecule has 3 nitrogen and oxygen atoms in total. The third kappa shape index (κ3) is 2.24. The molecule has 3 heteroatoms. The maximum absolute atomic E-state index is 5.70. The zero-order chi connectivity index (χ0) is 12.3. The number of rotatable bonds is 4. The SMILES string of the molecule is CCN(CC)c1nccc2ccc(CN)cc12. The summed E-state index contributed by atoms with van der Waals surface area (Å²) in [5.74, 6) is 1.06. The molecule has 0 fully saturated rings. The topological polar surface area (TPSA) is 42.2 Å². The van der Waals surface area contributed by atoms with Gasteiger partial charge in [0.05, 0.1) is 0 Å². The quantitative estimate of drug-likeness (QED) is 0.876. The highest BCUT2D eigenvalue weighted by molar-refractivity contribution is 5.92. The molecule has 1 heterocycles. The van der Waals surface area contributed by atoms with Gasteiger partial charge in [0.15, 0.2) is 0 Å². The lowest BCUT2D eigenvalue weighted by atomic mass is 10.1. The second kappa shape index (κ2) is 5.15. The van der Waals surface area contributed by atoms with Crippen LogP contribution in [0.4, 0.5) is 5.82 Å². The van der Waals surface area contributed by atoms with Gasteiger partial charge in [0.2, 0.25) is 0 Å². The normalized spacial score (nSPS) is 10.8. The van der Waals surface area contributed by atoms with Crippen LogP contribution in [0.15, 0.2) is 30.5 Å². The van der Waals surface area contributed by atoms with Crippen molar-refractivity contribution >= 4 is 16.6 Å². The van der Waals surface area contributed by atoms with Crippen LogP contribution in [0, 0.1) is 0 Å². The van der Waals surface area contributed by atoms with E-state index in [1.54, 1.807) is 0 Å². The van der Waals surface area contributed by atoms with Crippen molar-refractivity contribution in [2.45, 2.75) is 20.4 Å². The monoisotopic (exact) mass is 229 g/mol. The lowest BCUT2D eigenvalue weighted by molar-refractivity contribution is 0.851. The molecule has 0 saturated heterocycles. The average Bonchev–Trinajstić information content (AvgIpc) is 2.40. The summed E-state index contributed by atoms with van der Waals surface area (Å²) in [5, 5.41) is 2.42. The van der Waals surface area contributed by atoms with Crippen molar-refractivity contribution in [3.05, 3.63) is 36.0 Å². The largest absolute Gasteiger partial charge is 0.357 e. The van der Waals surface area contributed by atoms with Crippen molar-refractivity contribution in [2.75, 3.05) is 18.0 Å². The van der Waals surface area contributed by atoms with Crippen LogP contribution in [-0.2, 0) is 6.54 Å². The number of nitrogens with zero attached hydrogens (tertiary/aromatic N) is 2. The van der Waals surface area contributed by atoms with Crippen molar-refractivity contribution < 1.29 is 0 Å². The first-order chi connectivity index (χ1) is 8.30. The second-order valence-electron chi connectivity index (χ2n) is 4.07. The van der Waals surface area contributed by atoms with E-state index in [-0.39, 0.29) is 0 Å². The van der Waals surface area contributed by atoms with Crippen LogP contribution in [0.1, 0.15) is 19.4 Å². The van der Waals surface area contributed by atoms with Crippen LogP contribution in [0.3, 0.4) is 0 Å². The molecular formula is C14H19N3. The summed E-state index contributed by atoms with van der Waals surface area (Å²) in [5.41, 5.74) is 6.85. The first kappa shape index (κ1) is 11.9. The van der Waals surface area contributed by atoms with Gasteiger partial charge < -0.3 is 10.6 Å².